The number of hydrogen-bond acceptors (Lipinski definition) is 4. The van der Waals surface area contributed by atoms with Gasteiger partial charge < -0.3 is 4.42 Å². The molecule has 0 radical (unpaired) electrons. The molecule has 33 heavy (non-hydrogen) atoms. The van der Waals surface area contributed by atoms with Gasteiger partial charge in [-0.15, -0.1) is 0 Å². The summed E-state index contributed by atoms with van der Waals surface area (Å²) in [6, 6.07) is 30.4. The molecule has 0 saturated carbocycles. The van der Waals surface area contributed by atoms with Crippen molar-refractivity contribution in [2.24, 2.45) is 0 Å². The molecular formula is C29H21N3O. The van der Waals surface area contributed by atoms with E-state index >= 15 is 0 Å². The second-order valence-corrected chi connectivity index (χ2v) is 8.20. The number of nitrogens with zero attached hydrogens (tertiary/aromatic N) is 3. The van der Waals surface area contributed by atoms with Gasteiger partial charge in [-0.1, -0.05) is 84.9 Å². The molecule has 158 valence electrons. The number of furan rings is 1. The molecule has 0 spiro atoms. The summed E-state index contributed by atoms with van der Waals surface area (Å²) in [5.41, 5.74) is 6.95. The number of aryl methyl sites for hydroxylation is 2. The number of fused-ring (bicyclic) bond motifs is 3. The Labute approximate surface area is 191 Å². The third-order valence-electron chi connectivity index (χ3n) is 6.12. The van der Waals surface area contributed by atoms with Crippen LogP contribution < -0.4 is 0 Å². The highest BCUT2D eigenvalue weighted by Gasteiger charge is 2.18. The first-order valence-electron chi connectivity index (χ1n) is 11.0. The average Bonchev–Trinajstić information content (AvgIpc) is 3.27. The molecule has 0 aliphatic heterocycles. The molecule has 4 heteroatoms. The van der Waals surface area contributed by atoms with Crippen LogP contribution in [0.5, 0.6) is 0 Å². The molecule has 0 atom stereocenters. The van der Waals surface area contributed by atoms with Crippen LogP contribution in [0.15, 0.2) is 95.4 Å². The summed E-state index contributed by atoms with van der Waals surface area (Å²) in [6.45, 7) is 4.21. The highest BCUT2D eigenvalue weighted by atomic mass is 16.3. The van der Waals surface area contributed by atoms with Crippen molar-refractivity contribution in [3.8, 4) is 34.2 Å². The van der Waals surface area contributed by atoms with Crippen LogP contribution in [0, 0.1) is 13.8 Å². The molecule has 0 fully saturated rings. The van der Waals surface area contributed by atoms with Gasteiger partial charge in [0.25, 0.3) is 0 Å². The molecule has 0 N–H and O–H groups in total. The Kier molecular flexibility index (Phi) is 4.51. The van der Waals surface area contributed by atoms with Crippen LogP contribution in [0.1, 0.15) is 11.1 Å². The zero-order valence-electron chi connectivity index (χ0n) is 18.4. The van der Waals surface area contributed by atoms with E-state index in [2.05, 4.69) is 32.0 Å². The van der Waals surface area contributed by atoms with Crippen LogP contribution in [0.25, 0.3) is 56.1 Å². The van der Waals surface area contributed by atoms with E-state index in [1.807, 2.05) is 72.8 Å². The van der Waals surface area contributed by atoms with Crippen LogP contribution >= 0.6 is 0 Å². The lowest BCUT2D eigenvalue weighted by molar-refractivity contribution is 0.665. The highest BCUT2D eigenvalue weighted by Crippen LogP contribution is 2.38. The van der Waals surface area contributed by atoms with Crippen molar-refractivity contribution < 1.29 is 4.42 Å². The van der Waals surface area contributed by atoms with E-state index in [4.69, 9.17) is 19.4 Å². The second-order valence-electron chi connectivity index (χ2n) is 8.20. The molecule has 0 bridgehead atoms. The number of hydrogen-bond donors (Lipinski definition) is 0. The lowest BCUT2D eigenvalue weighted by atomic mass is 10.0. The van der Waals surface area contributed by atoms with Gasteiger partial charge >= 0.3 is 0 Å². The maximum Gasteiger partial charge on any atom is 0.164 e. The van der Waals surface area contributed by atoms with Gasteiger partial charge in [0.2, 0.25) is 0 Å². The van der Waals surface area contributed by atoms with E-state index in [9.17, 15) is 0 Å². The van der Waals surface area contributed by atoms with E-state index in [0.29, 0.717) is 17.5 Å². The van der Waals surface area contributed by atoms with Crippen LogP contribution in [-0.2, 0) is 0 Å². The van der Waals surface area contributed by atoms with Crippen LogP contribution in [0.2, 0.25) is 0 Å². The zero-order valence-corrected chi connectivity index (χ0v) is 18.4. The summed E-state index contributed by atoms with van der Waals surface area (Å²) in [5, 5.41) is 2.10. The average molecular weight is 428 g/mol. The van der Waals surface area contributed by atoms with E-state index < -0.39 is 0 Å². The largest absolute Gasteiger partial charge is 0.456 e. The fourth-order valence-corrected chi connectivity index (χ4v) is 4.24. The van der Waals surface area contributed by atoms with Gasteiger partial charge in [0, 0.05) is 27.5 Å². The summed E-state index contributed by atoms with van der Waals surface area (Å²) < 4.78 is 6.28. The molecule has 0 amide bonds. The summed E-state index contributed by atoms with van der Waals surface area (Å²) >= 11 is 0. The fraction of sp³-hybridized carbons (Fsp3) is 0.0690. The van der Waals surface area contributed by atoms with Crippen molar-refractivity contribution in [3.05, 3.63) is 102 Å². The van der Waals surface area contributed by atoms with E-state index in [1.54, 1.807) is 0 Å². The van der Waals surface area contributed by atoms with Crippen molar-refractivity contribution in [1.29, 1.82) is 0 Å². The number of benzene rings is 4. The Bertz CT molecular complexity index is 1560. The van der Waals surface area contributed by atoms with Gasteiger partial charge in [0.15, 0.2) is 17.5 Å². The van der Waals surface area contributed by atoms with Gasteiger partial charge in [-0.05, 0) is 31.0 Å². The summed E-state index contributed by atoms with van der Waals surface area (Å²) in [5.74, 6) is 1.93. The Hall–Kier alpha value is -4.31. The Balaban J connectivity index is 1.66. The topological polar surface area (TPSA) is 51.8 Å². The maximum absolute atomic E-state index is 6.28. The molecular weight excluding hydrogens is 406 g/mol. The molecule has 2 heterocycles. The van der Waals surface area contributed by atoms with Gasteiger partial charge in [0.1, 0.15) is 11.2 Å². The zero-order chi connectivity index (χ0) is 22.4. The molecule has 6 aromatic rings. The SMILES string of the molecule is Cc1ccc2c(oc3cccc(-c4nc(-c5ccccc5)nc(-c5ccccc5)n4)c32)c1C. The predicted octanol–water partition coefficient (Wildman–Crippen LogP) is 7.39. The normalized spacial score (nSPS) is 11.3. The van der Waals surface area contributed by atoms with E-state index in [1.165, 1.54) is 5.56 Å². The maximum atomic E-state index is 6.28. The predicted molar refractivity (Wildman–Crippen MR) is 133 cm³/mol. The van der Waals surface area contributed by atoms with Crippen molar-refractivity contribution in [3.63, 3.8) is 0 Å². The second kappa shape index (κ2) is 7.68. The van der Waals surface area contributed by atoms with E-state index in [0.717, 1.165) is 44.2 Å². The molecule has 0 aliphatic rings. The summed E-state index contributed by atoms with van der Waals surface area (Å²) in [6.07, 6.45) is 0. The first-order chi connectivity index (χ1) is 16.2. The van der Waals surface area contributed by atoms with Crippen molar-refractivity contribution in [1.82, 2.24) is 15.0 Å². The van der Waals surface area contributed by atoms with Gasteiger partial charge in [-0.2, -0.15) is 0 Å². The Morgan fingerprint density at radius 2 is 1.18 bits per heavy atom. The molecule has 0 unspecified atom stereocenters. The highest BCUT2D eigenvalue weighted by molar-refractivity contribution is 6.12. The van der Waals surface area contributed by atoms with Crippen molar-refractivity contribution >= 4 is 21.9 Å². The number of rotatable bonds is 3. The van der Waals surface area contributed by atoms with Crippen molar-refractivity contribution in [2.75, 3.05) is 0 Å². The standard InChI is InChI=1S/C29H21N3O/c1-18-16-17-22-25-23(14-9-15-24(25)33-26(22)19(18)2)29-31-27(20-10-5-3-6-11-20)30-28(32-29)21-12-7-4-8-13-21/h3-17H,1-2H3. The molecule has 4 nitrogen and oxygen atoms in total. The molecule has 4 aromatic carbocycles. The minimum absolute atomic E-state index is 0.634. The minimum atomic E-state index is 0.634. The Morgan fingerprint density at radius 3 is 1.82 bits per heavy atom. The minimum Gasteiger partial charge on any atom is -0.456 e. The van der Waals surface area contributed by atoms with Crippen LogP contribution in [-0.4, -0.2) is 15.0 Å². The van der Waals surface area contributed by atoms with Gasteiger partial charge in [-0.3, -0.25) is 0 Å². The molecule has 2 aromatic heterocycles. The summed E-state index contributed by atoms with van der Waals surface area (Å²) in [7, 11) is 0. The molecule has 0 aliphatic carbocycles. The fourth-order valence-electron chi connectivity index (χ4n) is 4.24. The smallest absolute Gasteiger partial charge is 0.164 e. The summed E-state index contributed by atoms with van der Waals surface area (Å²) in [4.78, 5) is 14.6. The first kappa shape index (κ1) is 19.4. The third kappa shape index (κ3) is 3.28. The first-order valence-corrected chi connectivity index (χ1v) is 11.0. The molecule has 0 saturated heterocycles. The lowest BCUT2D eigenvalue weighted by Crippen LogP contribution is -2.00. The molecule has 6 rings (SSSR count). The monoisotopic (exact) mass is 427 g/mol. The van der Waals surface area contributed by atoms with Crippen LogP contribution in [0.3, 0.4) is 0 Å². The number of aromatic nitrogens is 3. The quantitative estimate of drug-likeness (QED) is 0.295. The Morgan fingerprint density at radius 1 is 0.576 bits per heavy atom. The van der Waals surface area contributed by atoms with Gasteiger partial charge in [0.05, 0.1) is 0 Å². The van der Waals surface area contributed by atoms with Gasteiger partial charge in [-0.25, -0.2) is 15.0 Å². The van der Waals surface area contributed by atoms with Crippen molar-refractivity contribution in [2.45, 2.75) is 13.8 Å². The van der Waals surface area contributed by atoms with Crippen LogP contribution in [0.4, 0.5) is 0 Å². The lowest BCUT2D eigenvalue weighted by Gasteiger charge is -2.09. The third-order valence-corrected chi connectivity index (χ3v) is 6.12. The van der Waals surface area contributed by atoms with E-state index in [-0.39, 0.29) is 0 Å².